The predicted octanol–water partition coefficient (Wildman–Crippen LogP) is 14.5. The number of carbonyl (C=O) groups is 11. The SMILES string of the molecule is CCC(CC(C)C)C(=O)OCCCCCCOC(=O)C(CC(C)C)NC(=O)CCCCCCCCC(=O)NCCCCC(NC(=O)CCCCCCCCC(=O)NC(CC(C)C)C(=O)OC1COC2C(OC(=O)C(CC(=O)CCCCCCCCC(C)=O)CC(C)C)COC12)C(=O)OCc1ccccc1. The van der Waals surface area contributed by atoms with Crippen molar-refractivity contribution in [2.75, 3.05) is 33.0 Å². The van der Waals surface area contributed by atoms with Crippen molar-refractivity contribution < 1.29 is 85.9 Å². The van der Waals surface area contributed by atoms with Crippen LogP contribution >= 0.6 is 0 Å². The van der Waals surface area contributed by atoms with Gasteiger partial charge in [-0.25, -0.2) is 14.4 Å². The molecule has 105 heavy (non-hydrogen) atoms. The zero-order valence-corrected chi connectivity index (χ0v) is 66.1. The van der Waals surface area contributed by atoms with E-state index in [1.165, 1.54) is 0 Å². The zero-order valence-electron chi connectivity index (χ0n) is 66.1. The van der Waals surface area contributed by atoms with Gasteiger partial charge in [-0.1, -0.05) is 170 Å². The van der Waals surface area contributed by atoms with Crippen molar-refractivity contribution in [3.8, 4) is 0 Å². The minimum absolute atomic E-state index is 0.0343. The van der Waals surface area contributed by atoms with Gasteiger partial charge in [-0.05, 0) is 152 Å². The van der Waals surface area contributed by atoms with Gasteiger partial charge in [0.15, 0.2) is 12.2 Å². The van der Waals surface area contributed by atoms with Crippen molar-refractivity contribution >= 4 is 65.0 Å². The van der Waals surface area contributed by atoms with E-state index >= 15 is 0 Å². The number of rotatable bonds is 62. The molecule has 0 aromatic heterocycles. The maximum atomic E-state index is 13.7. The average molecular weight is 1480 g/mol. The summed E-state index contributed by atoms with van der Waals surface area (Å²) in [5, 5.41) is 11.7. The van der Waals surface area contributed by atoms with Crippen LogP contribution < -0.4 is 21.3 Å². The first-order valence-corrected chi connectivity index (χ1v) is 40.7. The molecule has 4 amide bonds. The summed E-state index contributed by atoms with van der Waals surface area (Å²) in [5.41, 5.74) is 0.830. The largest absolute Gasteiger partial charge is 0.465 e. The summed E-state index contributed by atoms with van der Waals surface area (Å²) in [4.78, 5) is 142. The molecule has 3 rings (SSSR count). The number of ether oxygens (including phenoxy) is 7. The number of Topliss-reactive ketones (excluding diaryl/α,β-unsaturated/α-hetero) is 2. The van der Waals surface area contributed by atoms with E-state index < -0.39 is 72.3 Å². The van der Waals surface area contributed by atoms with Gasteiger partial charge in [0.25, 0.3) is 0 Å². The maximum Gasteiger partial charge on any atom is 0.329 e. The van der Waals surface area contributed by atoms with Crippen LogP contribution in [0.1, 0.15) is 312 Å². The molecule has 0 saturated carbocycles. The smallest absolute Gasteiger partial charge is 0.329 e. The molecule has 2 saturated heterocycles. The maximum absolute atomic E-state index is 13.7. The molecule has 1 aromatic rings. The van der Waals surface area contributed by atoms with E-state index in [1.54, 1.807) is 6.92 Å². The van der Waals surface area contributed by atoms with E-state index in [4.69, 9.17) is 33.2 Å². The van der Waals surface area contributed by atoms with Crippen molar-refractivity contribution in [3.63, 3.8) is 0 Å². The Labute approximate surface area is 629 Å². The Morgan fingerprint density at radius 1 is 0.410 bits per heavy atom. The van der Waals surface area contributed by atoms with Crippen molar-refractivity contribution in [1.82, 2.24) is 21.3 Å². The highest BCUT2D eigenvalue weighted by Crippen LogP contribution is 2.33. The topological polar surface area (TPSA) is 300 Å². The molecule has 2 fully saturated rings. The van der Waals surface area contributed by atoms with Crippen molar-refractivity contribution in [2.24, 2.45) is 35.5 Å². The van der Waals surface area contributed by atoms with Gasteiger partial charge in [0.05, 0.1) is 38.3 Å². The van der Waals surface area contributed by atoms with E-state index in [0.717, 1.165) is 134 Å². The van der Waals surface area contributed by atoms with Gasteiger partial charge < -0.3 is 59.2 Å². The standard InChI is InChI=1S/C83H138N4O18/c1-11-65(51-59(2)3)79(94)99-49-37-24-25-38-50-100-82(97)69(53-61(6)7)86-75(92)46-33-22-15-14-20-31-44-73(90)84-48-36-35-43-68(81(96)103-56-64-40-28-26-29-41-64)85-74(91)45-32-21-16-17-23-34-47-76(93)87-70(54-62(8)9)83(98)105-72-58-102-77-71(57-101-78(72)77)104-80(95)66(52-60(4)5)55-67(89)42-30-19-13-12-18-27-39-63(10)88/h26,28-29,40-41,59-62,65-66,68-72,77-78H,11-25,27,30-39,42-58H2,1-10H3,(H,84,90)(H,85,91)(H,86,92)(H,87,93). The lowest BCUT2D eigenvalue weighted by Crippen LogP contribution is -2.45. The number of benzene rings is 1. The molecular weight excluding hydrogens is 1340 g/mol. The minimum atomic E-state index is -0.882. The number of unbranched alkanes of at least 4 members (excludes halogenated alkanes) is 19. The summed E-state index contributed by atoms with van der Waals surface area (Å²) in [5.74, 6) is -2.33. The number of nitrogens with one attached hydrogen (secondary N) is 4. The summed E-state index contributed by atoms with van der Waals surface area (Å²) < 4.78 is 40.6. The molecule has 0 radical (unpaired) electrons. The van der Waals surface area contributed by atoms with Crippen molar-refractivity contribution in [3.05, 3.63) is 35.9 Å². The van der Waals surface area contributed by atoms with E-state index in [1.807, 2.05) is 78.8 Å². The van der Waals surface area contributed by atoms with Crippen LogP contribution in [0.2, 0.25) is 0 Å². The number of amides is 4. The molecular formula is C83H138N4O18. The Morgan fingerprint density at radius 3 is 1.29 bits per heavy atom. The Balaban J connectivity index is 1.29. The molecule has 9 unspecified atom stereocenters. The first kappa shape index (κ1) is 92.9. The van der Waals surface area contributed by atoms with Crippen LogP contribution in [0.15, 0.2) is 30.3 Å². The fourth-order valence-corrected chi connectivity index (χ4v) is 13.4. The highest BCUT2D eigenvalue weighted by molar-refractivity contribution is 5.87. The second kappa shape index (κ2) is 56.0. The summed E-state index contributed by atoms with van der Waals surface area (Å²) in [6.07, 6.45) is 22.3. The Hall–Kier alpha value is -6.29. The van der Waals surface area contributed by atoms with Crippen LogP contribution in [0, 0.1) is 35.5 Å². The first-order chi connectivity index (χ1) is 50.3. The lowest BCUT2D eigenvalue weighted by molar-refractivity contribution is -0.161. The van der Waals surface area contributed by atoms with Crippen LogP contribution in [-0.4, -0.2) is 141 Å². The second-order valence-corrected chi connectivity index (χ2v) is 31.2. The van der Waals surface area contributed by atoms with Gasteiger partial charge in [0.2, 0.25) is 23.6 Å². The number of carbonyl (C=O) groups excluding carboxylic acids is 11. The molecule has 2 aliphatic rings. The third-order valence-corrected chi connectivity index (χ3v) is 19.3. The highest BCUT2D eigenvalue weighted by atomic mass is 16.7. The third-order valence-electron chi connectivity index (χ3n) is 19.3. The number of esters is 5. The monoisotopic (exact) mass is 1480 g/mol. The molecule has 0 bridgehead atoms. The van der Waals surface area contributed by atoms with Crippen LogP contribution in [0.5, 0.6) is 0 Å². The molecule has 0 aliphatic carbocycles. The van der Waals surface area contributed by atoms with E-state index in [9.17, 15) is 52.7 Å². The molecule has 22 nitrogen and oxygen atoms in total. The van der Waals surface area contributed by atoms with Gasteiger partial charge in [0, 0.05) is 51.5 Å². The predicted molar refractivity (Wildman–Crippen MR) is 405 cm³/mol. The number of hydrogen-bond donors (Lipinski definition) is 4. The molecule has 2 aliphatic heterocycles. The molecule has 4 N–H and O–H groups in total. The summed E-state index contributed by atoms with van der Waals surface area (Å²) in [7, 11) is 0. The zero-order chi connectivity index (χ0) is 77.2. The lowest BCUT2D eigenvalue weighted by atomic mass is 9.91. The van der Waals surface area contributed by atoms with Gasteiger partial charge in [-0.15, -0.1) is 0 Å². The van der Waals surface area contributed by atoms with Gasteiger partial charge >= 0.3 is 29.8 Å². The van der Waals surface area contributed by atoms with Crippen molar-refractivity contribution in [1.29, 1.82) is 0 Å². The highest BCUT2D eigenvalue weighted by Gasteiger charge is 2.52. The number of ketones is 2. The van der Waals surface area contributed by atoms with Crippen molar-refractivity contribution in [2.45, 2.75) is 356 Å². The normalized spacial score (nSPS) is 16.9. The quantitative estimate of drug-likeness (QED) is 0.0268. The lowest BCUT2D eigenvalue weighted by Gasteiger charge is -2.23. The Kier molecular flexibility index (Phi) is 49.6. The third kappa shape index (κ3) is 43.9. The van der Waals surface area contributed by atoms with Crippen LogP contribution in [0.25, 0.3) is 0 Å². The number of hydrogen-bond acceptors (Lipinski definition) is 18. The molecule has 2 heterocycles. The summed E-state index contributed by atoms with van der Waals surface area (Å²) in [6.45, 7) is 21.1. The Morgan fingerprint density at radius 2 is 0.810 bits per heavy atom. The molecule has 0 spiro atoms. The number of fused-ring (bicyclic) bond motifs is 1. The molecule has 9 atom stereocenters. The average Bonchev–Trinajstić information content (AvgIpc) is 1.64. The summed E-state index contributed by atoms with van der Waals surface area (Å²) in [6, 6.07) is 6.92. The van der Waals surface area contributed by atoms with Gasteiger partial charge in [-0.2, -0.15) is 0 Å². The van der Waals surface area contributed by atoms with E-state index in [0.29, 0.717) is 109 Å². The summed E-state index contributed by atoms with van der Waals surface area (Å²) >= 11 is 0. The molecule has 22 heteroatoms. The molecule has 1 aromatic carbocycles. The van der Waals surface area contributed by atoms with E-state index in [2.05, 4.69) is 35.1 Å². The fourth-order valence-electron chi connectivity index (χ4n) is 13.4. The van der Waals surface area contributed by atoms with Crippen LogP contribution in [0.3, 0.4) is 0 Å². The minimum Gasteiger partial charge on any atom is -0.465 e. The fraction of sp³-hybridized carbons (Fsp3) is 0.795. The van der Waals surface area contributed by atoms with Crippen LogP contribution in [-0.2, 0) is 92.5 Å². The second-order valence-electron chi connectivity index (χ2n) is 31.2. The first-order valence-electron chi connectivity index (χ1n) is 40.7. The van der Waals surface area contributed by atoms with Gasteiger partial charge in [0.1, 0.15) is 48.5 Å². The van der Waals surface area contributed by atoms with Gasteiger partial charge in [-0.3, -0.25) is 33.6 Å². The molecule has 598 valence electrons. The Bertz CT molecular complexity index is 2670. The van der Waals surface area contributed by atoms with Crippen LogP contribution in [0.4, 0.5) is 0 Å². The van der Waals surface area contributed by atoms with E-state index in [-0.39, 0.29) is 111 Å².